The molecule has 0 amide bonds. The first-order valence-electron chi connectivity index (χ1n) is 9.03. The van der Waals surface area contributed by atoms with Gasteiger partial charge in [-0.05, 0) is 44.9 Å². The highest BCUT2D eigenvalue weighted by molar-refractivity contribution is 5.96. The summed E-state index contributed by atoms with van der Waals surface area (Å²) in [5.74, 6) is 0. The predicted octanol–water partition coefficient (Wildman–Crippen LogP) is 3.25. The zero-order valence-electron chi connectivity index (χ0n) is 15.1. The van der Waals surface area contributed by atoms with Crippen LogP contribution < -0.4 is 5.32 Å². The summed E-state index contributed by atoms with van der Waals surface area (Å²) >= 11 is 0. The molecule has 1 aliphatic rings. The number of anilines is 1. The minimum atomic E-state index is 0.616. The van der Waals surface area contributed by atoms with Gasteiger partial charge in [-0.1, -0.05) is 11.6 Å². The Morgan fingerprint density at radius 3 is 2.80 bits per heavy atom. The molecule has 25 heavy (non-hydrogen) atoms. The number of pyridine rings is 1. The Kier molecular flexibility index (Phi) is 5.85. The van der Waals surface area contributed by atoms with Gasteiger partial charge >= 0.3 is 0 Å². The molecule has 1 saturated heterocycles. The Morgan fingerprint density at radius 2 is 2.04 bits per heavy atom. The lowest BCUT2D eigenvalue weighted by Gasteiger charge is -2.26. The van der Waals surface area contributed by atoms with Crippen LogP contribution in [0.2, 0.25) is 0 Å². The molecule has 5 nitrogen and oxygen atoms in total. The first-order valence-corrected chi connectivity index (χ1v) is 9.03. The fourth-order valence-electron chi connectivity index (χ4n) is 3.43. The molecule has 2 aromatic rings. The molecule has 1 aromatic heterocycles. The number of nitriles is 1. The molecule has 0 atom stereocenters. The monoisotopic (exact) mass is 338 g/mol. The normalized spacial score (nSPS) is 15.2. The van der Waals surface area contributed by atoms with Gasteiger partial charge in [0, 0.05) is 31.2 Å². The van der Waals surface area contributed by atoms with Crippen molar-refractivity contribution in [2.75, 3.05) is 44.7 Å². The summed E-state index contributed by atoms with van der Waals surface area (Å²) in [5.41, 5.74) is 4.85. The van der Waals surface area contributed by atoms with Crippen LogP contribution in [0.5, 0.6) is 0 Å². The first kappa shape index (κ1) is 17.7. The Morgan fingerprint density at radius 1 is 1.24 bits per heavy atom. The molecule has 1 N–H and O–H groups in total. The van der Waals surface area contributed by atoms with Crippen molar-refractivity contribution in [3.8, 4) is 6.07 Å². The molecule has 0 radical (unpaired) electrons. The van der Waals surface area contributed by atoms with Gasteiger partial charge in [0.2, 0.25) is 0 Å². The topological polar surface area (TPSA) is 61.2 Å². The highest BCUT2D eigenvalue weighted by Crippen LogP contribution is 2.28. The van der Waals surface area contributed by atoms with E-state index in [0.29, 0.717) is 5.56 Å². The number of hydrogen-bond donors (Lipinski definition) is 1. The van der Waals surface area contributed by atoms with Gasteiger partial charge in [-0.3, -0.25) is 9.88 Å². The van der Waals surface area contributed by atoms with Crippen LogP contribution in [-0.2, 0) is 4.74 Å². The number of unbranched alkanes of at least 4 members (excludes halogenated alkanes) is 1. The number of rotatable bonds is 6. The molecule has 2 heterocycles. The molecule has 5 heteroatoms. The molecule has 0 unspecified atom stereocenters. The van der Waals surface area contributed by atoms with Gasteiger partial charge in [-0.25, -0.2) is 0 Å². The van der Waals surface area contributed by atoms with E-state index in [4.69, 9.17) is 4.74 Å². The van der Waals surface area contributed by atoms with E-state index < -0.39 is 0 Å². The fraction of sp³-hybridized carbons (Fsp3) is 0.500. The van der Waals surface area contributed by atoms with Crippen LogP contribution in [0.3, 0.4) is 0 Å². The lowest BCUT2D eigenvalue weighted by Crippen LogP contribution is -2.36. The van der Waals surface area contributed by atoms with Crippen molar-refractivity contribution in [1.29, 1.82) is 5.26 Å². The van der Waals surface area contributed by atoms with Gasteiger partial charge in [0.15, 0.2) is 0 Å². The van der Waals surface area contributed by atoms with Gasteiger partial charge < -0.3 is 10.1 Å². The van der Waals surface area contributed by atoms with E-state index >= 15 is 0 Å². The van der Waals surface area contributed by atoms with E-state index in [1.807, 2.05) is 0 Å². The van der Waals surface area contributed by atoms with Crippen molar-refractivity contribution in [2.24, 2.45) is 0 Å². The Bertz CT molecular complexity index is 775. The second kappa shape index (κ2) is 8.28. The van der Waals surface area contributed by atoms with Gasteiger partial charge in [0.25, 0.3) is 0 Å². The zero-order chi connectivity index (χ0) is 17.6. The highest BCUT2D eigenvalue weighted by Gasteiger charge is 2.12. The summed E-state index contributed by atoms with van der Waals surface area (Å²) in [6.45, 7) is 9.92. The maximum Gasteiger partial charge on any atom is 0.103 e. The third-order valence-corrected chi connectivity index (χ3v) is 4.73. The molecular formula is C20H26N4O. The van der Waals surface area contributed by atoms with E-state index in [-0.39, 0.29) is 0 Å². The van der Waals surface area contributed by atoms with Crippen LogP contribution in [0, 0.1) is 25.2 Å². The summed E-state index contributed by atoms with van der Waals surface area (Å²) in [7, 11) is 0. The highest BCUT2D eigenvalue weighted by atomic mass is 16.5. The first-order chi connectivity index (χ1) is 12.2. The van der Waals surface area contributed by atoms with Crippen molar-refractivity contribution in [1.82, 2.24) is 9.88 Å². The molecule has 0 saturated carbocycles. The molecule has 0 spiro atoms. The van der Waals surface area contributed by atoms with E-state index in [2.05, 4.69) is 47.3 Å². The second-order valence-corrected chi connectivity index (χ2v) is 6.72. The van der Waals surface area contributed by atoms with Crippen molar-refractivity contribution in [2.45, 2.75) is 26.7 Å². The van der Waals surface area contributed by atoms with Gasteiger partial charge in [0.05, 0.1) is 30.0 Å². The van der Waals surface area contributed by atoms with E-state index in [9.17, 15) is 5.26 Å². The number of aromatic nitrogens is 1. The molecule has 0 bridgehead atoms. The van der Waals surface area contributed by atoms with E-state index in [1.165, 1.54) is 5.56 Å². The molecule has 1 aromatic carbocycles. The molecule has 1 fully saturated rings. The molecule has 0 aliphatic carbocycles. The average molecular weight is 338 g/mol. The number of benzene rings is 1. The Balaban J connectivity index is 1.65. The standard InChI is InChI=1S/C20H26N4O/c1-15-11-16(2)19-18(12-15)20(17(13-21)14-23-19)22-5-3-4-6-24-7-9-25-10-8-24/h11-12,14H,3-10H2,1-2H3,(H,22,23). The fourth-order valence-corrected chi connectivity index (χ4v) is 3.43. The summed E-state index contributed by atoms with van der Waals surface area (Å²) in [6.07, 6.45) is 3.91. The quantitative estimate of drug-likeness (QED) is 0.819. The third-order valence-electron chi connectivity index (χ3n) is 4.73. The summed E-state index contributed by atoms with van der Waals surface area (Å²) in [5, 5.41) is 14.0. The van der Waals surface area contributed by atoms with Gasteiger partial charge in [-0.15, -0.1) is 0 Å². The maximum atomic E-state index is 9.44. The predicted molar refractivity (Wildman–Crippen MR) is 101 cm³/mol. The zero-order valence-corrected chi connectivity index (χ0v) is 15.1. The number of hydrogen-bond acceptors (Lipinski definition) is 5. The van der Waals surface area contributed by atoms with Crippen molar-refractivity contribution in [3.63, 3.8) is 0 Å². The minimum absolute atomic E-state index is 0.616. The van der Waals surface area contributed by atoms with Crippen LogP contribution in [0.15, 0.2) is 18.3 Å². The minimum Gasteiger partial charge on any atom is -0.383 e. The van der Waals surface area contributed by atoms with Crippen LogP contribution in [0.4, 0.5) is 5.69 Å². The van der Waals surface area contributed by atoms with Crippen LogP contribution >= 0.6 is 0 Å². The second-order valence-electron chi connectivity index (χ2n) is 6.72. The lowest BCUT2D eigenvalue weighted by atomic mass is 10.0. The maximum absolute atomic E-state index is 9.44. The third kappa shape index (κ3) is 4.28. The molecule has 132 valence electrons. The molecule has 3 rings (SSSR count). The summed E-state index contributed by atoms with van der Waals surface area (Å²) in [6, 6.07) is 6.52. The number of nitrogens with zero attached hydrogens (tertiary/aromatic N) is 3. The van der Waals surface area contributed by atoms with Crippen LogP contribution in [0.25, 0.3) is 10.9 Å². The summed E-state index contributed by atoms with van der Waals surface area (Å²) < 4.78 is 5.38. The van der Waals surface area contributed by atoms with Crippen molar-refractivity contribution in [3.05, 3.63) is 35.0 Å². The lowest BCUT2D eigenvalue weighted by molar-refractivity contribution is 0.0373. The van der Waals surface area contributed by atoms with Crippen LogP contribution in [-0.4, -0.2) is 49.3 Å². The van der Waals surface area contributed by atoms with Crippen LogP contribution in [0.1, 0.15) is 29.5 Å². The van der Waals surface area contributed by atoms with E-state index in [1.54, 1.807) is 6.20 Å². The van der Waals surface area contributed by atoms with Crippen molar-refractivity contribution < 1.29 is 4.74 Å². The summed E-state index contributed by atoms with van der Waals surface area (Å²) in [4.78, 5) is 6.93. The number of nitrogens with one attached hydrogen (secondary N) is 1. The smallest absolute Gasteiger partial charge is 0.103 e. The largest absolute Gasteiger partial charge is 0.383 e. The number of morpholine rings is 1. The molecular weight excluding hydrogens is 312 g/mol. The number of aryl methyl sites for hydroxylation is 2. The Labute approximate surface area is 149 Å². The Hall–Kier alpha value is -2.16. The number of fused-ring (bicyclic) bond motifs is 1. The van der Waals surface area contributed by atoms with Gasteiger partial charge in [0.1, 0.15) is 6.07 Å². The SMILES string of the molecule is Cc1cc(C)c2ncc(C#N)c(NCCCCN3CCOCC3)c2c1. The molecule has 1 aliphatic heterocycles. The van der Waals surface area contributed by atoms with E-state index in [0.717, 1.165) is 74.4 Å². The number of ether oxygens (including phenoxy) is 1. The van der Waals surface area contributed by atoms with Crippen molar-refractivity contribution >= 4 is 16.6 Å². The van der Waals surface area contributed by atoms with Gasteiger partial charge in [-0.2, -0.15) is 5.26 Å². The average Bonchev–Trinajstić information content (AvgIpc) is 2.62.